The number of carbonyl (C=O) groups is 7. The number of likely N-dealkylation sites (N-methyl/N-ethyl adjacent to an activating group) is 2. The normalized spacial score (nSPS) is 24.9. The van der Waals surface area contributed by atoms with E-state index in [1.807, 2.05) is 27.7 Å². The molecule has 0 aliphatic carbocycles. The number of aliphatic hydroxyl groups is 2. The highest BCUT2D eigenvalue weighted by Gasteiger charge is 2.43. The summed E-state index contributed by atoms with van der Waals surface area (Å²) in [6.45, 7) is 15.2. The van der Waals surface area contributed by atoms with Crippen LogP contribution >= 0.6 is 0 Å². The molecular formula is C51H74N8O10. The Kier molecular flexibility index (Phi) is 20.1. The number of nitrogens with zero attached hydrogens (tertiary/aromatic N) is 2. The summed E-state index contributed by atoms with van der Waals surface area (Å²) in [4.78, 5) is 108. The Bertz CT molecular complexity index is 2290. The lowest BCUT2D eigenvalue weighted by molar-refractivity contribution is -0.146. The zero-order chi connectivity index (χ0) is 51.4. The Labute approximate surface area is 405 Å². The average molecular weight is 959 g/mol. The molecule has 2 aromatic carbocycles. The van der Waals surface area contributed by atoms with E-state index in [9.17, 15) is 39.0 Å². The molecule has 0 saturated carbocycles. The zero-order valence-electron chi connectivity index (χ0n) is 42.0. The van der Waals surface area contributed by atoms with Crippen molar-refractivity contribution in [1.82, 2.24) is 41.4 Å². The van der Waals surface area contributed by atoms with Crippen LogP contribution in [-0.2, 0) is 38.3 Å². The SMILES string of the molecule is COC(c1ccccc1)C1NC(=O)C(C)NC(=O)C(CC(C)CO)N(C)C(=O)C(C(O)c2c[nH]c3ccccc23)NC(=O)C(C(C)C=C(C)C)NC(=O)C(CC(C)C)N(C)C(=O)C(C(C)C)NC1=O. The van der Waals surface area contributed by atoms with Gasteiger partial charge >= 0.3 is 0 Å². The summed E-state index contributed by atoms with van der Waals surface area (Å²) in [5.41, 5.74) is 2.23. The molecule has 8 N–H and O–H groups in total. The van der Waals surface area contributed by atoms with Gasteiger partial charge in [-0.3, -0.25) is 33.6 Å². The summed E-state index contributed by atoms with van der Waals surface area (Å²) in [5.74, 6) is -7.42. The molecule has 11 atom stereocenters. The molecule has 0 bridgehead atoms. The fraction of sp³-hybridized carbons (Fsp3) is 0.549. The summed E-state index contributed by atoms with van der Waals surface area (Å²) in [6.07, 6.45) is 0.518. The van der Waals surface area contributed by atoms with E-state index in [1.54, 1.807) is 88.4 Å². The number of nitrogens with one attached hydrogen (secondary N) is 6. The minimum atomic E-state index is -1.76. The number of amides is 7. The van der Waals surface area contributed by atoms with Gasteiger partial charge in [0.1, 0.15) is 54.5 Å². The summed E-state index contributed by atoms with van der Waals surface area (Å²) in [7, 11) is 4.13. The maximum Gasteiger partial charge on any atom is 0.248 e. The topological polar surface area (TPSA) is 252 Å². The number of ether oxygens (including phenoxy) is 1. The number of benzene rings is 2. The van der Waals surface area contributed by atoms with Crippen LogP contribution < -0.4 is 26.6 Å². The highest BCUT2D eigenvalue weighted by atomic mass is 16.5. The molecule has 2 heterocycles. The number of hydrogen-bond acceptors (Lipinski definition) is 10. The van der Waals surface area contributed by atoms with E-state index in [0.29, 0.717) is 16.5 Å². The summed E-state index contributed by atoms with van der Waals surface area (Å²) in [6, 6.07) is 5.99. The van der Waals surface area contributed by atoms with Gasteiger partial charge in [0.15, 0.2) is 0 Å². The van der Waals surface area contributed by atoms with Crippen LogP contribution in [0.3, 0.4) is 0 Å². The summed E-state index contributed by atoms with van der Waals surface area (Å²) >= 11 is 0. The highest BCUT2D eigenvalue weighted by molar-refractivity contribution is 5.99. The third-order valence-electron chi connectivity index (χ3n) is 12.6. The Morgan fingerprint density at radius 2 is 1.20 bits per heavy atom. The van der Waals surface area contributed by atoms with E-state index >= 15 is 4.79 Å². The summed E-state index contributed by atoms with van der Waals surface area (Å²) in [5, 5.41) is 36.8. The maximum atomic E-state index is 15.0. The van der Waals surface area contributed by atoms with E-state index in [0.717, 1.165) is 10.5 Å². The van der Waals surface area contributed by atoms with Crippen LogP contribution in [0.5, 0.6) is 0 Å². The van der Waals surface area contributed by atoms with Gasteiger partial charge in [-0.15, -0.1) is 0 Å². The first-order chi connectivity index (χ1) is 32.5. The number of H-pyrrole nitrogens is 1. The molecule has 11 unspecified atom stereocenters. The molecule has 7 amide bonds. The predicted octanol–water partition coefficient (Wildman–Crippen LogP) is 3.02. The fourth-order valence-corrected chi connectivity index (χ4v) is 8.67. The quantitative estimate of drug-likeness (QED) is 0.116. The van der Waals surface area contributed by atoms with E-state index in [4.69, 9.17) is 4.74 Å². The average Bonchev–Trinajstić information content (AvgIpc) is 3.75. The Hall–Kier alpha value is -6.11. The maximum absolute atomic E-state index is 15.0. The lowest BCUT2D eigenvalue weighted by Crippen LogP contribution is -2.62. The smallest absolute Gasteiger partial charge is 0.248 e. The number of hydrogen-bond donors (Lipinski definition) is 8. The lowest BCUT2D eigenvalue weighted by Gasteiger charge is -2.36. The van der Waals surface area contributed by atoms with Gasteiger partial charge in [0.25, 0.3) is 0 Å². The molecule has 1 aliphatic heterocycles. The molecule has 69 heavy (non-hydrogen) atoms. The third-order valence-corrected chi connectivity index (χ3v) is 12.6. The van der Waals surface area contributed by atoms with E-state index in [-0.39, 0.29) is 30.9 Å². The molecule has 4 rings (SSSR count). The Morgan fingerprint density at radius 1 is 0.681 bits per heavy atom. The van der Waals surface area contributed by atoms with Gasteiger partial charge in [0.2, 0.25) is 41.4 Å². The van der Waals surface area contributed by atoms with Crippen molar-refractivity contribution in [2.75, 3.05) is 27.8 Å². The van der Waals surface area contributed by atoms with Crippen LogP contribution in [0.2, 0.25) is 0 Å². The van der Waals surface area contributed by atoms with Gasteiger partial charge < -0.3 is 56.3 Å². The van der Waals surface area contributed by atoms with Crippen LogP contribution in [0.1, 0.15) is 98.5 Å². The number of aromatic amines is 1. The van der Waals surface area contributed by atoms with E-state index < -0.39 is 114 Å². The highest BCUT2D eigenvalue weighted by Crippen LogP contribution is 2.29. The number of carbonyl (C=O) groups excluding carboxylic acids is 7. The van der Waals surface area contributed by atoms with Crippen molar-refractivity contribution in [3.63, 3.8) is 0 Å². The van der Waals surface area contributed by atoms with Crippen LogP contribution in [0.4, 0.5) is 0 Å². The van der Waals surface area contributed by atoms with Crippen molar-refractivity contribution in [3.8, 4) is 0 Å². The molecule has 378 valence electrons. The zero-order valence-corrected chi connectivity index (χ0v) is 42.0. The standard InChI is InChI=1S/C51H74N8O10/c1-27(2)22-31(8)40-48(65)56-41(43(61)35-25-52-36-21-17-16-20-34(35)36)51(68)59(11)38(24-30(7)26-60)46(63)53-32(9)45(62)57-42(44(69-12)33-18-14-13-15-19-33)49(66)54-39(29(5)6)50(67)58(10)37(23-28(3)4)47(64)55-40/h13-22,25,28-32,37-44,52,60-61H,23-24,26H2,1-12H3,(H,53,63)(H,54,66)(H,55,64)(H,56,65)(H,57,62). The number of methoxy groups -OCH3 is 1. The molecule has 1 saturated heterocycles. The first-order valence-corrected chi connectivity index (χ1v) is 23.7. The van der Waals surface area contributed by atoms with Crippen LogP contribution in [0, 0.1) is 23.7 Å². The van der Waals surface area contributed by atoms with Crippen molar-refractivity contribution in [2.24, 2.45) is 23.7 Å². The number of allylic oxidation sites excluding steroid dienone is 1. The second-order valence-electron chi connectivity index (χ2n) is 19.4. The largest absolute Gasteiger partial charge is 0.396 e. The van der Waals surface area contributed by atoms with Crippen LogP contribution in [-0.4, -0.2) is 136 Å². The second-order valence-corrected chi connectivity index (χ2v) is 19.4. The second kappa shape index (κ2) is 25.0. The van der Waals surface area contributed by atoms with Crippen molar-refractivity contribution >= 4 is 52.3 Å². The third kappa shape index (κ3) is 14.0. The molecule has 3 aromatic rings. The molecule has 1 aromatic heterocycles. The Balaban J connectivity index is 1.97. The van der Waals surface area contributed by atoms with Crippen molar-refractivity contribution in [2.45, 2.75) is 130 Å². The first-order valence-electron chi connectivity index (χ1n) is 23.7. The first kappa shape index (κ1) is 55.5. The molecule has 1 fully saturated rings. The molecule has 0 radical (unpaired) electrons. The molecule has 18 nitrogen and oxygen atoms in total. The fourth-order valence-electron chi connectivity index (χ4n) is 8.67. The molecule has 1 aliphatic rings. The van der Waals surface area contributed by atoms with Gasteiger partial charge in [-0.1, -0.05) is 102 Å². The number of fused-ring (bicyclic) bond motifs is 1. The van der Waals surface area contributed by atoms with Crippen LogP contribution in [0.25, 0.3) is 10.9 Å². The minimum Gasteiger partial charge on any atom is -0.396 e. The molecule has 18 heteroatoms. The van der Waals surface area contributed by atoms with E-state index in [1.165, 1.54) is 39.2 Å². The number of aromatic nitrogens is 1. The monoisotopic (exact) mass is 959 g/mol. The minimum absolute atomic E-state index is 0.112. The van der Waals surface area contributed by atoms with Gasteiger partial charge in [-0.25, -0.2) is 0 Å². The van der Waals surface area contributed by atoms with Crippen LogP contribution in [0.15, 0.2) is 72.4 Å². The summed E-state index contributed by atoms with van der Waals surface area (Å²) < 4.78 is 5.84. The van der Waals surface area contributed by atoms with Gasteiger partial charge in [-0.05, 0) is 63.0 Å². The van der Waals surface area contributed by atoms with Crippen molar-refractivity contribution in [3.05, 3.63) is 83.6 Å². The van der Waals surface area contributed by atoms with E-state index in [2.05, 4.69) is 31.6 Å². The van der Waals surface area contributed by atoms with Crippen molar-refractivity contribution < 1.29 is 48.5 Å². The van der Waals surface area contributed by atoms with Crippen molar-refractivity contribution in [1.29, 1.82) is 0 Å². The predicted molar refractivity (Wildman–Crippen MR) is 262 cm³/mol. The lowest BCUT2D eigenvalue weighted by atomic mass is 9.94. The van der Waals surface area contributed by atoms with Gasteiger partial charge in [0.05, 0.1) is 0 Å². The van der Waals surface area contributed by atoms with Gasteiger partial charge in [0, 0.05) is 56.4 Å². The number of para-hydroxylation sites is 1. The Morgan fingerprint density at radius 3 is 1.78 bits per heavy atom. The molecule has 0 spiro atoms. The number of aliphatic hydroxyl groups excluding tert-OH is 2. The molecular weight excluding hydrogens is 885 g/mol. The van der Waals surface area contributed by atoms with Gasteiger partial charge in [-0.2, -0.15) is 0 Å². The number of rotatable bonds is 13.